The minimum atomic E-state index is -0.735. The molecule has 0 saturated heterocycles. The van der Waals surface area contributed by atoms with Crippen LogP contribution in [0, 0.1) is 11.7 Å². The van der Waals surface area contributed by atoms with E-state index in [1.54, 1.807) is 0 Å². The fourth-order valence-electron chi connectivity index (χ4n) is 2.90. The van der Waals surface area contributed by atoms with Gasteiger partial charge in [0.2, 0.25) is 5.82 Å². The predicted molar refractivity (Wildman–Crippen MR) is 85.5 cm³/mol. The van der Waals surface area contributed by atoms with Crippen LogP contribution in [0.2, 0.25) is 0 Å². The summed E-state index contributed by atoms with van der Waals surface area (Å²) < 4.78 is 24.4. The molecule has 4 rings (SSSR count). The first kappa shape index (κ1) is 16.2. The Labute approximate surface area is 148 Å². The molecule has 3 aromatic rings. The summed E-state index contributed by atoms with van der Waals surface area (Å²) in [5.41, 5.74) is 1.18. The Morgan fingerprint density at radius 2 is 2.12 bits per heavy atom. The van der Waals surface area contributed by atoms with Crippen molar-refractivity contribution in [2.45, 2.75) is 25.4 Å². The number of rotatable bonds is 4. The second kappa shape index (κ2) is 6.19. The van der Waals surface area contributed by atoms with E-state index in [2.05, 4.69) is 31.4 Å². The van der Waals surface area contributed by atoms with Crippen molar-refractivity contribution in [1.82, 2.24) is 20.0 Å². The number of halogens is 2. The lowest BCUT2D eigenvalue weighted by atomic mass is 9.79. The van der Waals surface area contributed by atoms with E-state index in [4.69, 9.17) is 9.15 Å². The van der Waals surface area contributed by atoms with Crippen LogP contribution < -0.4 is 5.76 Å². The zero-order valence-electron chi connectivity index (χ0n) is 12.7. The van der Waals surface area contributed by atoms with Crippen molar-refractivity contribution < 1.29 is 18.6 Å². The van der Waals surface area contributed by atoms with E-state index in [0.29, 0.717) is 30.6 Å². The van der Waals surface area contributed by atoms with Crippen LogP contribution in [0.3, 0.4) is 0 Å². The van der Waals surface area contributed by atoms with Crippen molar-refractivity contribution >= 4 is 15.9 Å². The quantitative estimate of drug-likeness (QED) is 0.701. The molecule has 0 aliphatic heterocycles. The Bertz CT molecular complexity index is 976. The van der Waals surface area contributed by atoms with Crippen LogP contribution >= 0.6 is 15.9 Å². The van der Waals surface area contributed by atoms with E-state index in [1.165, 1.54) is 22.8 Å². The molecule has 130 valence electrons. The maximum Gasteiger partial charge on any atom is 0.446 e. The molecule has 1 fully saturated rings. The fourth-order valence-corrected chi connectivity index (χ4v) is 3.27. The predicted octanol–water partition coefficient (Wildman–Crippen LogP) is 2.09. The third-order valence-electron chi connectivity index (χ3n) is 4.23. The summed E-state index contributed by atoms with van der Waals surface area (Å²) in [6.45, 7) is 0. The summed E-state index contributed by atoms with van der Waals surface area (Å²) >= 11 is 3.09. The van der Waals surface area contributed by atoms with Gasteiger partial charge >= 0.3 is 5.76 Å². The highest BCUT2D eigenvalue weighted by Crippen LogP contribution is 2.32. The van der Waals surface area contributed by atoms with E-state index >= 15 is 0 Å². The molecule has 0 spiro atoms. The van der Waals surface area contributed by atoms with Gasteiger partial charge in [0, 0.05) is 0 Å². The van der Waals surface area contributed by atoms with Gasteiger partial charge in [-0.25, -0.2) is 18.4 Å². The summed E-state index contributed by atoms with van der Waals surface area (Å²) in [4.78, 5) is 12.1. The molecule has 0 bridgehead atoms. The van der Waals surface area contributed by atoms with Crippen molar-refractivity contribution in [2.24, 2.45) is 5.92 Å². The lowest BCUT2D eigenvalue weighted by molar-refractivity contribution is 0.0425. The third-order valence-corrected chi connectivity index (χ3v) is 4.83. The van der Waals surface area contributed by atoms with Gasteiger partial charge in [-0.1, -0.05) is 10.3 Å². The van der Waals surface area contributed by atoms with Crippen LogP contribution in [-0.4, -0.2) is 31.2 Å². The summed E-state index contributed by atoms with van der Waals surface area (Å²) in [6, 6.07) is 4.09. The lowest BCUT2D eigenvalue weighted by Gasteiger charge is -2.30. The smallest absolute Gasteiger partial charge is 0.393 e. The Balaban J connectivity index is 1.74. The average Bonchev–Trinajstić information content (AvgIpc) is 3.15. The minimum Gasteiger partial charge on any atom is -0.393 e. The van der Waals surface area contributed by atoms with E-state index < -0.39 is 11.6 Å². The molecule has 1 saturated carbocycles. The number of aromatic nitrogens is 4. The number of hydrogen-bond donors (Lipinski definition) is 1. The maximum atomic E-state index is 13.5. The first-order valence-electron chi connectivity index (χ1n) is 7.57. The van der Waals surface area contributed by atoms with E-state index in [9.17, 15) is 14.3 Å². The molecule has 2 heterocycles. The van der Waals surface area contributed by atoms with Crippen LogP contribution in [0.5, 0.6) is 0 Å². The van der Waals surface area contributed by atoms with Crippen molar-refractivity contribution in [2.75, 3.05) is 0 Å². The molecule has 8 nitrogen and oxygen atoms in total. The van der Waals surface area contributed by atoms with E-state index in [-0.39, 0.29) is 28.0 Å². The van der Waals surface area contributed by atoms with E-state index in [1.807, 2.05) is 0 Å². The van der Waals surface area contributed by atoms with Gasteiger partial charge in [0.05, 0.1) is 16.3 Å². The largest absolute Gasteiger partial charge is 0.446 e. The monoisotopic (exact) mass is 410 g/mol. The molecule has 2 aromatic heterocycles. The number of aliphatic hydroxyl groups excluding tert-OH is 1. The molecule has 1 aliphatic carbocycles. The van der Waals surface area contributed by atoms with Gasteiger partial charge in [-0.2, -0.15) is 0 Å². The molecule has 1 N–H and O–H groups in total. The van der Waals surface area contributed by atoms with Gasteiger partial charge in [-0.15, -0.1) is 0 Å². The first-order valence-corrected chi connectivity index (χ1v) is 8.36. The molecule has 0 radical (unpaired) electrons. The minimum absolute atomic E-state index is 0.125. The molecule has 0 amide bonds. The fraction of sp³-hybridized carbons (Fsp3) is 0.333. The van der Waals surface area contributed by atoms with Crippen molar-refractivity contribution in [3.63, 3.8) is 0 Å². The van der Waals surface area contributed by atoms with Gasteiger partial charge in [0.1, 0.15) is 11.5 Å². The van der Waals surface area contributed by atoms with Gasteiger partial charge < -0.3 is 5.11 Å². The summed E-state index contributed by atoms with van der Waals surface area (Å²) in [5, 5.41) is 20.9. The van der Waals surface area contributed by atoms with Crippen LogP contribution in [0.4, 0.5) is 4.39 Å². The Morgan fingerprint density at radius 3 is 2.84 bits per heavy atom. The van der Waals surface area contributed by atoms with Gasteiger partial charge in [0.15, 0.2) is 5.69 Å². The Kier molecular flexibility index (Phi) is 4.00. The number of aliphatic hydroxyl groups is 1. The molecular weight excluding hydrogens is 399 g/mol. The van der Waals surface area contributed by atoms with Crippen molar-refractivity contribution in [3.05, 3.63) is 44.7 Å². The van der Waals surface area contributed by atoms with Crippen molar-refractivity contribution in [1.29, 1.82) is 0 Å². The number of hydrogen-bond acceptors (Lipinski definition) is 7. The topological polar surface area (TPSA) is 107 Å². The van der Waals surface area contributed by atoms with Crippen LogP contribution in [0.15, 0.2) is 36.6 Å². The number of nitrogens with zero attached hydrogens (tertiary/aromatic N) is 4. The van der Waals surface area contributed by atoms with Gasteiger partial charge in [0.25, 0.3) is 0 Å². The Morgan fingerprint density at radius 1 is 1.32 bits per heavy atom. The molecule has 1 aliphatic rings. The van der Waals surface area contributed by atoms with Crippen LogP contribution in [-0.2, 0) is 6.42 Å². The zero-order valence-corrected chi connectivity index (χ0v) is 14.3. The first-order chi connectivity index (χ1) is 12.0. The molecule has 1 aromatic carbocycles. The van der Waals surface area contributed by atoms with Crippen LogP contribution in [0.25, 0.3) is 17.2 Å². The average molecular weight is 411 g/mol. The van der Waals surface area contributed by atoms with Crippen molar-refractivity contribution in [3.8, 4) is 17.2 Å². The maximum absolute atomic E-state index is 13.5. The third kappa shape index (κ3) is 2.91. The summed E-state index contributed by atoms with van der Waals surface area (Å²) in [6.07, 6.45) is 1.63. The molecular formula is C15H12BrFN4O4. The highest BCUT2D eigenvalue weighted by atomic mass is 79.9. The van der Waals surface area contributed by atoms with E-state index in [0.717, 1.165) is 0 Å². The molecule has 25 heavy (non-hydrogen) atoms. The molecule has 0 unspecified atom stereocenters. The summed E-state index contributed by atoms with van der Waals surface area (Å²) in [5.74, 6) is -0.795. The summed E-state index contributed by atoms with van der Waals surface area (Å²) in [7, 11) is 0. The van der Waals surface area contributed by atoms with Gasteiger partial charge in [-0.05, 0) is 64.5 Å². The normalized spacial score (nSPS) is 19.8. The highest BCUT2D eigenvalue weighted by molar-refractivity contribution is 9.10. The second-order valence-corrected chi connectivity index (χ2v) is 6.82. The zero-order chi connectivity index (χ0) is 17.6. The SMILES string of the molecule is O=c1onc(-c2nonc2CC2CC(O)C2)n1-c1ccc(F)c(Br)c1. The standard InChI is InChI=1S/C15H12BrFN4O4/c16-10-6-8(1-2-11(10)17)21-14(20-24-15(21)23)13-12(18-25-19-13)5-7-3-9(22)4-7/h1-2,6-7,9,22H,3-5H2. The highest BCUT2D eigenvalue weighted by Gasteiger charge is 2.31. The number of benzene rings is 1. The van der Waals surface area contributed by atoms with Crippen LogP contribution in [0.1, 0.15) is 18.5 Å². The second-order valence-electron chi connectivity index (χ2n) is 5.96. The lowest BCUT2D eigenvalue weighted by Crippen LogP contribution is -2.30. The molecule has 10 heteroatoms. The van der Waals surface area contributed by atoms with Gasteiger partial charge in [-0.3, -0.25) is 4.52 Å². The molecule has 0 atom stereocenters. The Hall–Kier alpha value is -2.33.